The lowest BCUT2D eigenvalue weighted by molar-refractivity contribution is -0.136. The largest absolute Gasteiger partial charge is 0.481 e. The van der Waals surface area contributed by atoms with Gasteiger partial charge >= 0.3 is 5.97 Å². The van der Waals surface area contributed by atoms with Gasteiger partial charge in [0.2, 0.25) is 0 Å². The fourth-order valence-electron chi connectivity index (χ4n) is 1.10. The van der Waals surface area contributed by atoms with Gasteiger partial charge in [0.25, 0.3) is 0 Å². The van der Waals surface area contributed by atoms with Crippen molar-refractivity contribution in [3.63, 3.8) is 0 Å². The summed E-state index contributed by atoms with van der Waals surface area (Å²) in [5, 5.41) is 8.54. The third-order valence-corrected chi connectivity index (χ3v) is 1.63. The number of carbonyl (C=O) groups is 1. The summed E-state index contributed by atoms with van der Waals surface area (Å²) in [5.74, 6) is -0.503. The fourth-order valence-corrected chi connectivity index (χ4v) is 1.10. The maximum atomic E-state index is 10.4. The van der Waals surface area contributed by atoms with Gasteiger partial charge in [0, 0.05) is 11.4 Å². The normalized spacial score (nSPS) is 10.0. The third kappa shape index (κ3) is 2.82. The molecule has 0 aliphatic rings. The van der Waals surface area contributed by atoms with Crippen molar-refractivity contribution in [2.24, 2.45) is 0 Å². The zero-order valence-electron chi connectivity index (χ0n) is 7.74. The van der Waals surface area contributed by atoms with Crippen LogP contribution in [-0.2, 0) is 17.6 Å². The topological polar surface area (TPSA) is 63.1 Å². The SMILES string of the molecule is CCc1cc(C)nc(CC(=O)O)n1. The lowest BCUT2D eigenvalue weighted by Crippen LogP contribution is -2.07. The molecule has 0 amide bonds. The van der Waals surface area contributed by atoms with Gasteiger partial charge in [-0.15, -0.1) is 0 Å². The van der Waals surface area contributed by atoms with Crippen molar-refractivity contribution in [1.82, 2.24) is 9.97 Å². The van der Waals surface area contributed by atoms with Gasteiger partial charge in [0.1, 0.15) is 12.2 Å². The van der Waals surface area contributed by atoms with E-state index in [-0.39, 0.29) is 6.42 Å². The summed E-state index contributed by atoms with van der Waals surface area (Å²) < 4.78 is 0. The Morgan fingerprint density at radius 1 is 1.54 bits per heavy atom. The summed E-state index contributed by atoms with van der Waals surface area (Å²) in [4.78, 5) is 18.5. The zero-order chi connectivity index (χ0) is 9.84. The Hall–Kier alpha value is -1.45. The van der Waals surface area contributed by atoms with Crippen LogP contribution in [0.1, 0.15) is 24.1 Å². The van der Waals surface area contributed by atoms with E-state index in [0.717, 1.165) is 17.8 Å². The first-order valence-corrected chi connectivity index (χ1v) is 4.17. The standard InChI is InChI=1S/C9H12N2O2/c1-3-7-4-6(2)10-8(11-7)5-9(12)13/h4H,3,5H2,1-2H3,(H,12,13). The second kappa shape index (κ2) is 3.98. The average molecular weight is 180 g/mol. The first-order chi connectivity index (χ1) is 6.11. The highest BCUT2D eigenvalue weighted by molar-refractivity contribution is 5.68. The number of nitrogens with zero attached hydrogens (tertiary/aromatic N) is 2. The molecule has 0 saturated heterocycles. The first-order valence-electron chi connectivity index (χ1n) is 4.17. The van der Waals surface area contributed by atoms with Gasteiger partial charge in [0.15, 0.2) is 0 Å². The number of aromatic nitrogens is 2. The highest BCUT2D eigenvalue weighted by Gasteiger charge is 2.05. The number of aliphatic carboxylic acids is 1. The molecule has 70 valence electrons. The Bertz CT molecular complexity index is 323. The highest BCUT2D eigenvalue weighted by Crippen LogP contribution is 2.01. The van der Waals surface area contributed by atoms with Crippen molar-refractivity contribution in [1.29, 1.82) is 0 Å². The van der Waals surface area contributed by atoms with Gasteiger partial charge in [-0.05, 0) is 19.4 Å². The molecule has 0 fully saturated rings. The van der Waals surface area contributed by atoms with Crippen molar-refractivity contribution < 1.29 is 9.90 Å². The quantitative estimate of drug-likeness (QED) is 0.753. The second-order valence-electron chi connectivity index (χ2n) is 2.84. The Kier molecular flexibility index (Phi) is 2.95. The molecular weight excluding hydrogens is 168 g/mol. The van der Waals surface area contributed by atoms with Crippen molar-refractivity contribution >= 4 is 5.97 Å². The molecule has 0 atom stereocenters. The number of hydrogen-bond donors (Lipinski definition) is 1. The third-order valence-electron chi connectivity index (χ3n) is 1.63. The van der Waals surface area contributed by atoms with Crippen LogP contribution in [0.25, 0.3) is 0 Å². The average Bonchev–Trinajstić information content (AvgIpc) is 2.01. The minimum absolute atomic E-state index is 0.103. The summed E-state index contributed by atoms with van der Waals surface area (Å²) >= 11 is 0. The van der Waals surface area contributed by atoms with Gasteiger partial charge < -0.3 is 5.11 Å². The number of carboxylic acid groups (broad SMARTS) is 1. The molecular formula is C9H12N2O2. The van der Waals surface area contributed by atoms with E-state index in [9.17, 15) is 4.79 Å². The van der Waals surface area contributed by atoms with Crippen LogP contribution in [0.5, 0.6) is 0 Å². The van der Waals surface area contributed by atoms with Crippen LogP contribution in [-0.4, -0.2) is 21.0 Å². The predicted molar refractivity (Wildman–Crippen MR) is 47.5 cm³/mol. The van der Waals surface area contributed by atoms with E-state index < -0.39 is 5.97 Å². The van der Waals surface area contributed by atoms with E-state index in [4.69, 9.17) is 5.11 Å². The van der Waals surface area contributed by atoms with Crippen LogP contribution in [0.2, 0.25) is 0 Å². The van der Waals surface area contributed by atoms with E-state index in [0.29, 0.717) is 5.82 Å². The molecule has 0 aliphatic carbocycles. The van der Waals surface area contributed by atoms with Gasteiger partial charge in [-0.2, -0.15) is 0 Å². The van der Waals surface area contributed by atoms with Crippen LogP contribution < -0.4 is 0 Å². The maximum Gasteiger partial charge on any atom is 0.311 e. The van der Waals surface area contributed by atoms with Crippen LogP contribution in [0.3, 0.4) is 0 Å². The molecule has 0 aromatic carbocycles. The molecule has 1 heterocycles. The molecule has 1 N–H and O–H groups in total. The Morgan fingerprint density at radius 3 is 2.77 bits per heavy atom. The van der Waals surface area contributed by atoms with E-state index in [1.54, 1.807) is 0 Å². The van der Waals surface area contributed by atoms with Gasteiger partial charge in [0.05, 0.1) is 0 Å². The minimum Gasteiger partial charge on any atom is -0.481 e. The van der Waals surface area contributed by atoms with Crippen molar-refractivity contribution in [3.05, 3.63) is 23.3 Å². The van der Waals surface area contributed by atoms with Gasteiger partial charge in [-0.3, -0.25) is 4.79 Å². The van der Waals surface area contributed by atoms with Crippen LogP contribution in [0.15, 0.2) is 6.07 Å². The molecule has 0 bridgehead atoms. The second-order valence-corrected chi connectivity index (χ2v) is 2.84. The maximum absolute atomic E-state index is 10.4. The summed E-state index contributed by atoms with van der Waals surface area (Å²) in [6.45, 7) is 3.82. The molecule has 0 radical (unpaired) electrons. The van der Waals surface area contributed by atoms with Crippen molar-refractivity contribution in [3.8, 4) is 0 Å². The van der Waals surface area contributed by atoms with Crippen LogP contribution >= 0.6 is 0 Å². The molecule has 1 aromatic heterocycles. The molecule has 0 unspecified atom stereocenters. The molecule has 4 nitrogen and oxygen atoms in total. The minimum atomic E-state index is -0.896. The zero-order valence-corrected chi connectivity index (χ0v) is 7.74. The van der Waals surface area contributed by atoms with Crippen molar-refractivity contribution in [2.75, 3.05) is 0 Å². The Balaban J connectivity index is 2.94. The summed E-state index contributed by atoms with van der Waals surface area (Å²) in [7, 11) is 0. The molecule has 1 rings (SSSR count). The van der Waals surface area contributed by atoms with E-state index >= 15 is 0 Å². The molecule has 13 heavy (non-hydrogen) atoms. The number of rotatable bonds is 3. The Morgan fingerprint density at radius 2 is 2.23 bits per heavy atom. The van der Waals surface area contributed by atoms with Gasteiger partial charge in [-0.1, -0.05) is 6.92 Å². The molecule has 0 saturated carbocycles. The lowest BCUT2D eigenvalue weighted by Gasteiger charge is -2.01. The lowest BCUT2D eigenvalue weighted by atomic mass is 10.2. The number of carboxylic acids is 1. The van der Waals surface area contributed by atoms with Gasteiger partial charge in [-0.25, -0.2) is 9.97 Å². The molecule has 1 aromatic rings. The van der Waals surface area contributed by atoms with E-state index in [2.05, 4.69) is 9.97 Å². The molecule has 0 spiro atoms. The van der Waals surface area contributed by atoms with Crippen LogP contribution in [0.4, 0.5) is 0 Å². The number of aryl methyl sites for hydroxylation is 2. The highest BCUT2D eigenvalue weighted by atomic mass is 16.4. The smallest absolute Gasteiger partial charge is 0.311 e. The van der Waals surface area contributed by atoms with E-state index in [1.807, 2.05) is 19.9 Å². The summed E-state index contributed by atoms with van der Waals surface area (Å²) in [6.07, 6.45) is 0.699. The molecule has 0 aliphatic heterocycles. The van der Waals surface area contributed by atoms with Crippen molar-refractivity contribution in [2.45, 2.75) is 26.7 Å². The van der Waals surface area contributed by atoms with Crippen LogP contribution in [0, 0.1) is 6.92 Å². The molecule has 4 heteroatoms. The fraction of sp³-hybridized carbons (Fsp3) is 0.444. The number of hydrogen-bond acceptors (Lipinski definition) is 3. The summed E-state index contributed by atoms with van der Waals surface area (Å²) in [5.41, 5.74) is 1.71. The predicted octanol–water partition coefficient (Wildman–Crippen LogP) is 0.975. The summed E-state index contributed by atoms with van der Waals surface area (Å²) in [6, 6.07) is 1.87. The monoisotopic (exact) mass is 180 g/mol. The Labute approximate surface area is 76.7 Å². The van der Waals surface area contributed by atoms with E-state index in [1.165, 1.54) is 0 Å². The first kappa shape index (κ1) is 9.64.